The molecule has 0 aromatic rings. The molecule has 0 saturated carbocycles. The molecule has 0 aromatic heterocycles. The Labute approximate surface area is 66.5 Å². The number of hydrogen-bond acceptors (Lipinski definition) is 2. The van der Waals surface area contributed by atoms with E-state index in [1.807, 2.05) is 12.2 Å². The zero-order valence-corrected chi connectivity index (χ0v) is 6.89. The Kier molecular flexibility index (Phi) is 2.47. The second-order valence-corrected chi connectivity index (χ2v) is 2.58. The minimum absolute atomic E-state index is 0.146. The van der Waals surface area contributed by atoms with Gasteiger partial charge >= 0.3 is 0 Å². The third-order valence-corrected chi connectivity index (χ3v) is 1.76. The second kappa shape index (κ2) is 3.37. The molecule has 1 aliphatic rings. The largest absolute Gasteiger partial charge is 0.497 e. The second-order valence-electron chi connectivity index (χ2n) is 2.58. The molecule has 0 saturated heterocycles. The van der Waals surface area contributed by atoms with Crippen LogP contribution in [0.25, 0.3) is 0 Å². The molecule has 0 atom stereocenters. The van der Waals surface area contributed by atoms with Gasteiger partial charge in [0.1, 0.15) is 5.76 Å². The van der Waals surface area contributed by atoms with Gasteiger partial charge in [-0.05, 0) is 37.5 Å². The van der Waals surface area contributed by atoms with Crippen molar-refractivity contribution in [2.24, 2.45) is 0 Å². The molecule has 0 fully saturated rings. The molecular formula is C9H12O2. The van der Waals surface area contributed by atoms with Crippen molar-refractivity contribution in [3.8, 4) is 0 Å². The van der Waals surface area contributed by atoms with Crippen LogP contribution in [0.3, 0.4) is 0 Å². The molecule has 0 radical (unpaired) electrons. The highest BCUT2D eigenvalue weighted by Gasteiger charge is 2.08. The molecule has 0 amide bonds. The van der Waals surface area contributed by atoms with E-state index < -0.39 is 0 Å². The Morgan fingerprint density at radius 3 is 2.91 bits per heavy atom. The summed E-state index contributed by atoms with van der Waals surface area (Å²) in [6.07, 6.45) is 5.56. The molecule has 60 valence electrons. The van der Waals surface area contributed by atoms with Crippen molar-refractivity contribution in [1.29, 1.82) is 0 Å². The van der Waals surface area contributed by atoms with Gasteiger partial charge < -0.3 is 4.74 Å². The summed E-state index contributed by atoms with van der Waals surface area (Å²) in [6.45, 7) is 1.59. The monoisotopic (exact) mass is 152 g/mol. The lowest BCUT2D eigenvalue weighted by Gasteiger charge is -2.09. The molecule has 0 heterocycles. The van der Waals surface area contributed by atoms with Gasteiger partial charge in [-0.3, -0.25) is 4.79 Å². The number of hydrogen-bond donors (Lipinski definition) is 0. The van der Waals surface area contributed by atoms with Gasteiger partial charge in [-0.15, -0.1) is 0 Å². The van der Waals surface area contributed by atoms with Crippen LogP contribution in [-0.4, -0.2) is 12.9 Å². The molecule has 0 bridgehead atoms. The maximum atomic E-state index is 10.9. The van der Waals surface area contributed by atoms with Crippen LogP contribution in [0, 0.1) is 0 Å². The predicted octanol–water partition coefficient (Wildman–Crippen LogP) is 1.83. The van der Waals surface area contributed by atoms with Gasteiger partial charge in [0.15, 0.2) is 5.78 Å². The van der Waals surface area contributed by atoms with E-state index in [2.05, 4.69) is 0 Å². The minimum atomic E-state index is 0.146. The van der Waals surface area contributed by atoms with E-state index in [0.29, 0.717) is 0 Å². The average Bonchev–Trinajstić information content (AvgIpc) is 2.05. The molecule has 0 N–H and O–H groups in total. The normalized spacial score (nSPS) is 16.9. The zero-order chi connectivity index (χ0) is 8.27. The maximum absolute atomic E-state index is 10.9. The van der Waals surface area contributed by atoms with Gasteiger partial charge in [-0.25, -0.2) is 0 Å². The quantitative estimate of drug-likeness (QED) is 0.603. The molecule has 0 aliphatic heterocycles. The number of ketones is 1. The molecule has 0 unspecified atom stereocenters. The standard InChI is InChI=1S/C9H12O2/c1-7(10)8-4-3-5-9(6-8)11-2/h5-6H,3-4H2,1-2H3. The van der Waals surface area contributed by atoms with Crippen molar-refractivity contribution in [3.05, 3.63) is 23.5 Å². The van der Waals surface area contributed by atoms with E-state index in [-0.39, 0.29) is 5.78 Å². The average molecular weight is 152 g/mol. The van der Waals surface area contributed by atoms with Crippen LogP contribution in [0.4, 0.5) is 0 Å². The summed E-state index contributed by atoms with van der Waals surface area (Å²) in [5.41, 5.74) is 0.865. The van der Waals surface area contributed by atoms with Gasteiger partial charge in [0.25, 0.3) is 0 Å². The van der Waals surface area contributed by atoms with E-state index in [4.69, 9.17) is 4.74 Å². The summed E-state index contributed by atoms with van der Waals surface area (Å²) in [7, 11) is 1.62. The fraction of sp³-hybridized carbons (Fsp3) is 0.444. The molecule has 11 heavy (non-hydrogen) atoms. The van der Waals surface area contributed by atoms with E-state index in [1.54, 1.807) is 14.0 Å². The maximum Gasteiger partial charge on any atom is 0.155 e. The number of methoxy groups -OCH3 is 1. The molecule has 1 aliphatic carbocycles. The van der Waals surface area contributed by atoms with E-state index in [0.717, 1.165) is 24.2 Å². The van der Waals surface area contributed by atoms with Crippen molar-refractivity contribution in [2.75, 3.05) is 7.11 Å². The van der Waals surface area contributed by atoms with E-state index in [1.165, 1.54) is 0 Å². The Morgan fingerprint density at radius 1 is 1.64 bits per heavy atom. The van der Waals surface area contributed by atoms with Crippen LogP contribution in [0.5, 0.6) is 0 Å². The number of allylic oxidation sites excluding steroid dienone is 3. The van der Waals surface area contributed by atoms with Crippen LogP contribution in [0.2, 0.25) is 0 Å². The summed E-state index contributed by atoms with van der Waals surface area (Å²) in [6, 6.07) is 0. The van der Waals surface area contributed by atoms with Gasteiger partial charge in [-0.1, -0.05) is 0 Å². The van der Waals surface area contributed by atoms with Crippen LogP contribution < -0.4 is 0 Å². The molecular weight excluding hydrogens is 140 g/mol. The first-order valence-electron chi connectivity index (χ1n) is 3.69. The van der Waals surface area contributed by atoms with Crippen molar-refractivity contribution >= 4 is 5.78 Å². The highest BCUT2D eigenvalue weighted by Crippen LogP contribution is 2.17. The number of carbonyl (C=O) groups excluding carboxylic acids is 1. The highest BCUT2D eigenvalue weighted by molar-refractivity contribution is 5.93. The minimum Gasteiger partial charge on any atom is -0.497 e. The zero-order valence-electron chi connectivity index (χ0n) is 6.89. The number of carbonyl (C=O) groups is 1. The number of Topliss-reactive ketones (excluding diaryl/α,β-unsaturated/α-hetero) is 1. The lowest BCUT2D eigenvalue weighted by atomic mass is 10.0. The van der Waals surface area contributed by atoms with Crippen LogP contribution in [0.15, 0.2) is 23.5 Å². The Bertz CT molecular complexity index is 224. The van der Waals surface area contributed by atoms with E-state index >= 15 is 0 Å². The van der Waals surface area contributed by atoms with Gasteiger partial charge in [-0.2, -0.15) is 0 Å². The first-order chi connectivity index (χ1) is 5.24. The van der Waals surface area contributed by atoms with Crippen LogP contribution in [0.1, 0.15) is 19.8 Å². The third kappa shape index (κ3) is 1.93. The van der Waals surface area contributed by atoms with Crippen molar-refractivity contribution in [1.82, 2.24) is 0 Å². The first-order valence-corrected chi connectivity index (χ1v) is 3.69. The third-order valence-electron chi connectivity index (χ3n) is 1.76. The first kappa shape index (κ1) is 8.05. The summed E-state index contributed by atoms with van der Waals surface area (Å²) < 4.78 is 5.00. The molecule has 2 nitrogen and oxygen atoms in total. The number of rotatable bonds is 2. The topological polar surface area (TPSA) is 26.3 Å². The predicted molar refractivity (Wildman–Crippen MR) is 43.1 cm³/mol. The fourth-order valence-corrected chi connectivity index (χ4v) is 1.09. The summed E-state index contributed by atoms with van der Waals surface area (Å²) >= 11 is 0. The van der Waals surface area contributed by atoms with Crippen molar-refractivity contribution < 1.29 is 9.53 Å². The van der Waals surface area contributed by atoms with E-state index in [9.17, 15) is 4.79 Å². The number of ether oxygens (including phenoxy) is 1. The van der Waals surface area contributed by atoms with Gasteiger partial charge in [0.2, 0.25) is 0 Å². The van der Waals surface area contributed by atoms with Gasteiger partial charge in [0, 0.05) is 0 Å². The van der Waals surface area contributed by atoms with Crippen molar-refractivity contribution in [3.63, 3.8) is 0 Å². The van der Waals surface area contributed by atoms with Gasteiger partial charge in [0.05, 0.1) is 7.11 Å². The Hall–Kier alpha value is -1.05. The Balaban J connectivity index is 2.76. The van der Waals surface area contributed by atoms with Crippen LogP contribution in [-0.2, 0) is 9.53 Å². The van der Waals surface area contributed by atoms with Crippen LogP contribution >= 0.6 is 0 Å². The van der Waals surface area contributed by atoms with Crippen molar-refractivity contribution in [2.45, 2.75) is 19.8 Å². The Morgan fingerprint density at radius 2 is 2.36 bits per heavy atom. The summed E-state index contributed by atoms with van der Waals surface area (Å²) in [4.78, 5) is 10.9. The summed E-state index contributed by atoms with van der Waals surface area (Å²) in [5.74, 6) is 0.953. The molecule has 0 spiro atoms. The lowest BCUT2D eigenvalue weighted by molar-refractivity contribution is -0.113. The summed E-state index contributed by atoms with van der Waals surface area (Å²) in [5, 5.41) is 0. The fourth-order valence-electron chi connectivity index (χ4n) is 1.09. The molecule has 2 heteroatoms. The lowest BCUT2D eigenvalue weighted by Crippen LogP contribution is -2.01. The SMILES string of the molecule is COC1=CCCC(C(C)=O)=C1. The smallest absolute Gasteiger partial charge is 0.155 e. The highest BCUT2D eigenvalue weighted by atomic mass is 16.5. The molecule has 0 aromatic carbocycles. The molecule has 1 rings (SSSR count).